The van der Waals surface area contributed by atoms with Crippen LogP contribution in [0.4, 0.5) is 0 Å². The number of hydrogen-bond acceptors (Lipinski definition) is 0. The van der Waals surface area contributed by atoms with Gasteiger partial charge in [-0.15, -0.1) is 0 Å². The molecule has 0 saturated heterocycles. The van der Waals surface area contributed by atoms with E-state index in [9.17, 15) is 0 Å². The van der Waals surface area contributed by atoms with Crippen molar-refractivity contribution in [2.75, 3.05) is 0 Å². The Morgan fingerprint density at radius 3 is 1.82 bits per heavy atom. The van der Waals surface area contributed by atoms with Crippen molar-refractivity contribution in [2.45, 2.75) is 54.4 Å². The van der Waals surface area contributed by atoms with Crippen molar-refractivity contribution in [3.05, 3.63) is 106 Å². The summed E-state index contributed by atoms with van der Waals surface area (Å²) in [6.45, 7) is 12.6. The normalized spacial score (nSPS) is 13.3. The van der Waals surface area contributed by atoms with E-state index in [1.54, 1.807) is 0 Å². The molecule has 2 aliphatic rings. The van der Waals surface area contributed by atoms with Gasteiger partial charge in [0, 0.05) is 0 Å². The molecule has 0 fully saturated rings. The number of rotatable bonds is 0. The minimum absolute atomic E-state index is 0.996. The van der Waals surface area contributed by atoms with Crippen LogP contribution in [0, 0.1) is 13.8 Å². The highest BCUT2D eigenvalue weighted by atomic mass is 14.3. The highest BCUT2D eigenvalue weighted by Crippen LogP contribution is 2.46. The summed E-state index contributed by atoms with van der Waals surface area (Å²) in [5, 5.41) is 19.8. The van der Waals surface area contributed by atoms with Crippen LogP contribution in [0.3, 0.4) is 0 Å². The van der Waals surface area contributed by atoms with Crippen LogP contribution in [-0.2, 0) is 12.8 Å². The van der Waals surface area contributed by atoms with Crippen molar-refractivity contribution in [3.8, 4) is 0 Å². The molecule has 0 unspecified atom stereocenters. The largest absolute Gasteiger partial charge is 0.0801 e. The van der Waals surface area contributed by atoms with Gasteiger partial charge in [-0.1, -0.05) is 113 Å². The van der Waals surface area contributed by atoms with E-state index in [1.807, 2.05) is 27.7 Å². The third-order valence-electron chi connectivity index (χ3n) is 9.28. The monoisotopic (exact) mass is 516 g/mol. The third-order valence-corrected chi connectivity index (χ3v) is 9.28. The van der Waals surface area contributed by atoms with Crippen LogP contribution in [0.1, 0.15) is 49.9 Å². The first-order valence-corrected chi connectivity index (χ1v) is 15.1. The molecule has 0 radical (unpaired) electrons. The molecule has 9 rings (SSSR count). The summed E-state index contributed by atoms with van der Waals surface area (Å²) in [4.78, 5) is 0. The average molecular weight is 517 g/mol. The van der Waals surface area contributed by atoms with Crippen molar-refractivity contribution in [2.24, 2.45) is 0 Å². The fraction of sp³-hybridized carbons (Fsp3) is 0.200. The molecule has 0 aliphatic heterocycles. The molecule has 0 heteroatoms. The molecule has 2 aliphatic carbocycles. The number of aryl methyl sites for hydroxylation is 1. The van der Waals surface area contributed by atoms with Crippen LogP contribution in [0.15, 0.2) is 72.8 Å². The zero-order valence-corrected chi connectivity index (χ0v) is 24.5. The summed E-state index contributed by atoms with van der Waals surface area (Å²) in [6.07, 6.45) is 11.4. The lowest BCUT2D eigenvalue weighted by atomic mass is 9.80. The second-order valence-electron chi connectivity index (χ2n) is 10.8. The number of fused-ring (bicyclic) bond motifs is 6. The van der Waals surface area contributed by atoms with Gasteiger partial charge in [-0.2, -0.15) is 0 Å². The molecule has 196 valence electrons. The first-order chi connectivity index (χ1) is 19.7. The molecular formula is C40H36. The minimum atomic E-state index is 0.996. The Bertz CT molecular complexity index is 2310. The number of hydrogen-bond donors (Lipinski definition) is 0. The Labute approximate surface area is 236 Å². The molecule has 7 aromatic carbocycles. The van der Waals surface area contributed by atoms with E-state index < -0.39 is 0 Å². The Morgan fingerprint density at radius 2 is 1.05 bits per heavy atom. The summed E-state index contributed by atoms with van der Waals surface area (Å²) < 4.78 is 0. The second kappa shape index (κ2) is 9.20. The van der Waals surface area contributed by atoms with Crippen LogP contribution in [0.25, 0.3) is 76.8 Å². The van der Waals surface area contributed by atoms with Gasteiger partial charge < -0.3 is 0 Å². The highest BCUT2D eigenvalue weighted by molar-refractivity contribution is 6.36. The average Bonchev–Trinajstić information content (AvgIpc) is 3.03. The quantitative estimate of drug-likeness (QED) is 0.139. The lowest BCUT2D eigenvalue weighted by molar-refractivity contribution is 1.17. The van der Waals surface area contributed by atoms with E-state index in [1.165, 1.54) is 97.3 Å². The molecule has 40 heavy (non-hydrogen) atoms. The fourth-order valence-corrected chi connectivity index (χ4v) is 7.67. The van der Waals surface area contributed by atoms with Gasteiger partial charge in [-0.05, 0) is 124 Å². The predicted molar refractivity (Wildman–Crippen MR) is 180 cm³/mol. The molecule has 0 aromatic heterocycles. The van der Waals surface area contributed by atoms with Crippen molar-refractivity contribution in [1.82, 2.24) is 0 Å². The highest BCUT2D eigenvalue weighted by Gasteiger charge is 2.22. The standard InChI is InChI=1S/C36H24.2C2H6/c1-19-21-7-3-5-9-25(21)27-15-17-31-32-18-16-28-26-10-6-4-8-22(26)20(2)24-12-14-30(36(32)34(24)28)29-13-11-23(19)33(27)35(29)31;2*1-2/h3-7,9-13,15-18H,8,14H2,1-2H3;2*1-2H3. The Hall–Kier alpha value is -4.16. The molecular weight excluding hydrogens is 480 g/mol. The Kier molecular flexibility index (Phi) is 5.72. The van der Waals surface area contributed by atoms with Crippen molar-refractivity contribution in [1.29, 1.82) is 0 Å². The van der Waals surface area contributed by atoms with Crippen LogP contribution in [0.2, 0.25) is 0 Å². The Morgan fingerprint density at radius 1 is 0.450 bits per heavy atom. The SMILES string of the molecule is CC.CC.Cc1c2c(c3ccc4c5ccc6c7ccccc7c(C)c7ccc(c8c4c3c1=CC8)c5c76)=CC=CC2. The van der Waals surface area contributed by atoms with Crippen molar-refractivity contribution in [3.63, 3.8) is 0 Å². The smallest absolute Gasteiger partial charge is 0.00171 e. The number of benzene rings is 7. The maximum absolute atomic E-state index is 2.51. The minimum Gasteiger partial charge on any atom is -0.0801 e. The molecule has 7 aromatic rings. The maximum atomic E-state index is 2.51. The second-order valence-corrected chi connectivity index (χ2v) is 10.8. The lowest BCUT2D eigenvalue weighted by Crippen LogP contribution is -2.25. The van der Waals surface area contributed by atoms with Crippen LogP contribution < -0.4 is 10.4 Å². The van der Waals surface area contributed by atoms with E-state index in [0.717, 1.165) is 12.8 Å². The van der Waals surface area contributed by atoms with E-state index >= 15 is 0 Å². The van der Waals surface area contributed by atoms with E-state index in [2.05, 4.69) is 98.8 Å². The first kappa shape index (κ1) is 24.9. The summed E-state index contributed by atoms with van der Waals surface area (Å²) >= 11 is 0. The summed E-state index contributed by atoms with van der Waals surface area (Å²) in [7, 11) is 0. The van der Waals surface area contributed by atoms with E-state index in [-0.39, 0.29) is 0 Å². The zero-order valence-electron chi connectivity index (χ0n) is 24.5. The van der Waals surface area contributed by atoms with Gasteiger partial charge in [0.25, 0.3) is 0 Å². The summed E-state index contributed by atoms with van der Waals surface area (Å²) in [6, 6.07) is 23.3. The zero-order chi connectivity index (χ0) is 27.7. The van der Waals surface area contributed by atoms with E-state index in [4.69, 9.17) is 0 Å². The summed E-state index contributed by atoms with van der Waals surface area (Å²) in [5.41, 5.74) is 5.85. The predicted octanol–water partition coefficient (Wildman–Crippen LogP) is 9.94. The van der Waals surface area contributed by atoms with Crippen LogP contribution in [-0.4, -0.2) is 0 Å². The molecule has 0 heterocycles. The van der Waals surface area contributed by atoms with Gasteiger partial charge in [-0.3, -0.25) is 0 Å². The third kappa shape index (κ3) is 3.02. The van der Waals surface area contributed by atoms with Gasteiger partial charge in [0.1, 0.15) is 0 Å². The van der Waals surface area contributed by atoms with Crippen LogP contribution in [0.5, 0.6) is 0 Å². The molecule has 0 atom stereocenters. The topological polar surface area (TPSA) is 0 Å². The van der Waals surface area contributed by atoms with E-state index in [0.29, 0.717) is 0 Å². The van der Waals surface area contributed by atoms with Gasteiger partial charge >= 0.3 is 0 Å². The molecule has 0 saturated carbocycles. The fourth-order valence-electron chi connectivity index (χ4n) is 7.67. The number of allylic oxidation sites excluding steroid dienone is 2. The lowest BCUT2D eigenvalue weighted by Gasteiger charge is -2.24. The van der Waals surface area contributed by atoms with Crippen molar-refractivity contribution >= 4 is 76.8 Å². The molecule has 0 N–H and O–H groups in total. The van der Waals surface area contributed by atoms with Gasteiger partial charge in [0.05, 0.1) is 0 Å². The molecule has 0 bridgehead atoms. The van der Waals surface area contributed by atoms with Crippen LogP contribution >= 0.6 is 0 Å². The van der Waals surface area contributed by atoms with Gasteiger partial charge in [0.15, 0.2) is 0 Å². The summed E-state index contributed by atoms with van der Waals surface area (Å²) in [5.74, 6) is 0. The first-order valence-electron chi connectivity index (χ1n) is 15.1. The molecule has 0 nitrogen and oxygen atoms in total. The Balaban J connectivity index is 0.000000636. The van der Waals surface area contributed by atoms with Crippen molar-refractivity contribution < 1.29 is 0 Å². The van der Waals surface area contributed by atoms with Gasteiger partial charge in [0.2, 0.25) is 0 Å². The van der Waals surface area contributed by atoms with Gasteiger partial charge in [-0.25, -0.2) is 0 Å². The maximum Gasteiger partial charge on any atom is -0.00171 e. The molecule has 0 spiro atoms. The molecule has 0 amide bonds.